The molecule has 0 heterocycles. The third-order valence-corrected chi connectivity index (χ3v) is 11.5. The summed E-state index contributed by atoms with van der Waals surface area (Å²) in [6.45, 7) is 12.4. The Bertz CT molecular complexity index is 1500. The van der Waals surface area contributed by atoms with Gasteiger partial charge in [-0.05, 0) is 94.9 Å². The Morgan fingerprint density at radius 1 is 0.660 bits per heavy atom. The van der Waals surface area contributed by atoms with Crippen molar-refractivity contribution in [2.45, 2.75) is 44.4 Å². The molecule has 16 heteroatoms. The number of hydrogen-bond acceptors (Lipinski definition) is 12. The van der Waals surface area contributed by atoms with E-state index >= 15 is 0 Å². The Hall–Kier alpha value is -3.37. The molecule has 0 bridgehead atoms. The van der Waals surface area contributed by atoms with Crippen molar-refractivity contribution in [3.05, 3.63) is 46.5 Å². The SMILES string of the molecule is CCN(C)CCN(C)S(=O)(=O)c1c(C)cc(OC)cc1C.COc1cc(C)c(S(=O)(=O)N(C)CCN(C)COC=O)c(C)c1.O=C=O. The molecule has 0 aliphatic rings. The molecule has 0 aromatic heterocycles. The van der Waals surface area contributed by atoms with Crippen molar-refractivity contribution >= 4 is 32.7 Å². The lowest BCUT2D eigenvalue weighted by atomic mass is 10.1. The van der Waals surface area contributed by atoms with Gasteiger partial charge < -0.3 is 19.1 Å². The molecule has 2 aromatic carbocycles. The number of aryl methyl sites for hydroxylation is 4. The molecule has 0 saturated heterocycles. The second-order valence-corrected chi connectivity index (χ2v) is 14.7. The molecule has 0 amide bonds. The average Bonchev–Trinajstić information content (AvgIpc) is 3.00. The second kappa shape index (κ2) is 20.8. The third kappa shape index (κ3) is 13.3. The first-order valence-electron chi connectivity index (χ1n) is 14.5. The highest BCUT2D eigenvalue weighted by Gasteiger charge is 2.26. The van der Waals surface area contributed by atoms with E-state index in [1.54, 1.807) is 85.2 Å². The maximum atomic E-state index is 12.8. The van der Waals surface area contributed by atoms with E-state index in [-0.39, 0.29) is 19.4 Å². The van der Waals surface area contributed by atoms with E-state index in [1.165, 1.54) is 15.7 Å². The van der Waals surface area contributed by atoms with Gasteiger partial charge in [0.15, 0.2) is 0 Å². The maximum Gasteiger partial charge on any atom is 0.373 e. The van der Waals surface area contributed by atoms with Crippen LogP contribution >= 0.6 is 0 Å². The van der Waals surface area contributed by atoms with Crippen LogP contribution in [0.25, 0.3) is 0 Å². The number of methoxy groups -OCH3 is 2. The Morgan fingerprint density at radius 2 is 0.979 bits per heavy atom. The summed E-state index contributed by atoms with van der Waals surface area (Å²) < 4.78 is 68.7. The molecule has 0 aliphatic carbocycles. The summed E-state index contributed by atoms with van der Waals surface area (Å²) in [6.07, 6.45) is 0.250. The van der Waals surface area contributed by atoms with Crippen LogP contribution in [-0.4, -0.2) is 130 Å². The van der Waals surface area contributed by atoms with E-state index in [1.807, 2.05) is 14.0 Å². The first-order chi connectivity index (χ1) is 21.9. The Kier molecular flexibility index (Phi) is 19.3. The third-order valence-electron chi connectivity index (χ3n) is 7.17. The van der Waals surface area contributed by atoms with E-state index in [4.69, 9.17) is 19.1 Å². The molecular weight excluding hydrogens is 652 g/mol. The summed E-state index contributed by atoms with van der Waals surface area (Å²) in [5.41, 5.74) is 2.71. The predicted molar refractivity (Wildman–Crippen MR) is 177 cm³/mol. The summed E-state index contributed by atoms with van der Waals surface area (Å²) >= 11 is 0. The molecule has 2 rings (SSSR count). The molecule has 0 fully saturated rings. The van der Waals surface area contributed by atoms with Crippen LogP contribution in [0.2, 0.25) is 0 Å². The highest BCUT2D eigenvalue weighted by Crippen LogP contribution is 2.29. The quantitative estimate of drug-likeness (QED) is 0.186. The average molecular weight is 703 g/mol. The van der Waals surface area contributed by atoms with E-state index in [9.17, 15) is 21.6 Å². The molecule has 0 spiro atoms. The van der Waals surface area contributed by atoms with E-state index in [0.29, 0.717) is 69.7 Å². The number of likely N-dealkylation sites (N-methyl/N-ethyl adjacent to an activating group) is 4. The molecule has 0 N–H and O–H groups in total. The van der Waals surface area contributed by atoms with Crippen molar-refractivity contribution in [2.24, 2.45) is 0 Å². The fourth-order valence-corrected chi connectivity index (χ4v) is 7.56. The topological polar surface area (TPSA) is 160 Å². The minimum absolute atomic E-state index is 0.123. The molecule has 14 nitrogen and oxygen atoms in total. The number of sulfonamides is 2. The molecular formula is C31H50N4O10S2. The monoisotopic (exact) mass is 702 g/mol. The summed E-state index contributed by atoms with van der Waals surface area (Å²) in [4.78, 5) is 30.9. The lowest BCUT2D eigenvalue weighted by Gasteiger charge is -2.23. The summed E-state index contributed by atoms with van der Waals surface area (Å²) in [5.74, 6) is 1.31. The van der Waals surface area contributed by atoms with Gasteiger partial charge in [0.1, 0.15) is 18.2 Å². The van der Waals surface area contributed by atoms with Crippen molar-refractivity contribution in [1.29, 1.82) is 0 Å². The van der Waals surface area contributed by atoms with Crippen LogP contribution in [0.5, 0.6) is 11.5 Å². The first kappa shape index (κ1) is 43.6. The Labute approximate surface area is 280 Å². The largest absolute Gasteiger partial charge is 0.497 e. The lowest BCUT2D eigenvalue weighted by Crippen LogP contribution is -2.36. The zero-order valence-corrected chi connectivity index (χ0v) is 31.0. The van der Waals surface area contributed by atoms with Crippen molar-refractivity contribution in [1.82, 2.24) is 18.4 Å². The molecule has 0 atom stereocenters. The summed E-state index contributed by atoms with van der Waals surface area (Å²) in [7, 11) is 2.93. The minimum Gasteiger partial charge on any atom is -0.497 e. The van der Waals surface area contributed by atoms with Crippen LogP contribution in [0.1, 0.15) is 29.2 Å². The molecule has 0 saturated carbocycles. The summed E-state index contributed by atoms with van der Waals surface area (Å²) in [5, 5.41) is 0. The van der Waals surface area contributed by atoms with E-state index < -0.39 is 20.0 Å². The molecule has 266 valence electrons. The zero-order chi connectivity index (χ0) is 36.5. The molecule has 2 aromatic rings. The van der Waals surface area contributed by atoms with Crippen molar-refractivity contribution in [3.63, 3.8) is 0 Å². The van der Waals surface area contributed by atoms with Gasteiger partial charge >= 0.3 is 6.15 Å². The van der Waals surface area contributed by atoms with Crippen molar-refractivity contribution < 1.29 is 45.4 Å². The van der Waals surface area contributed by atoms with Crippen LogP contribution < -0.4 is 9.47 Å². The highest BCUT2D eigenvalue weighted by atomic mass is 32.2. The number of rotatable bonds is 16. The van der Waals surface area contributed by atoms with Gasteiger partial charge in [-0.25, -0.2) is 16.8 Å². The summed E-state index contributed by atoms with van der Waals surface area (Å²) in [6, 6.07) is 6.92. The van der Waals surface area contributed by atoms with Crippen molar-refractivity contribution in [2.75, 3.05) is 81.9 Å². The standard InChI is InChI=1S/C15H24N2O5S.C15H26N2O3S.CO2/c1-12-8-14(21-5)9-13(2)15(12)23(19,20)17(4)7-6-16(3)10-22-11-18;1-7-16(4)8-9-17(5)21(18,19)15-12(2)10-14(20-6)11-13(15)3;2-1-3/h8-9,11H,6-7,10H2,1-5H3;10-11H,7-9H2,1-6H3;. The van der Waals surface area contributed by atoms with Gasteiger partial charge in [-0.1, -0.05) is 6.92 Å². The van der Waals surface area contributed by atoms with E-state index in [2.05, 4.69) is 9.64 Å². The number of hydrogen-bond donors (Lipinski definition) is 0. The Balaban J connectivity index is 0.000000833. The lowest BCUT2D eigenvalue weighted by molar-refractivity contribution is -0.191. The fraction of sp³-hybridized carbons (Fsp3) is 0.548. The first-order valence-corrected chi connectivity index (χ1v) is 17.4. The number of nitrogens with zero attached hydrogens (tertiary/aromatic N) is 4. The molecule has 47 heavy (non-hydrogen) atoms. The van der Waals surface area contributed by atoms with Gasteiger partial charge in [0.25, 0.3) is 6.47 Å². The van der Waals surface area contributed by atoms with Crippen LogP contribution in [0.4, 0.5) is 0 Å². The van der Waals surface area contributed by atoms with Gasteiger partial charge in [0.2, 0.25) is 20.0 Å². The highest BCUT2D eigenvalue weighted by molar-refractivity contribution is 7.89. The van der Waals surface area contributed by atoms with Crippen LogP contribution in [0, 0.1) is 27.7 Å². The number of benzene rings is 2. The van der Waals surface area contributed by atoms with Gasteiger partial charge in [0, 0.05) is 40.3 Å². The van der Waals surface area contributed by atoms with Gasteiger partial charge in [0.05, 0.1) is 24.0 Å². The fourth-order valence-electron chi connectivity index (χ4n) is 4.43. The van der Waals surface area contributed by atoms with Gasteiger partial charge in [-0.15, -0.1) is 0 Å². The zero-order valence-electron chi connectivity index (χ0n) is 29.3. The molecule has 0 unspecified atom stereocenters. The normalized spacial score (nSPS) is 11.4. The van der Waals surface area contributed by atoms with Gasteiger partial charge in [-0.2, -0.15) is 18.2 Å². The van der Waals surface area contributed by atoms with Crippen LogP contribution in [0.15, 0.2) is 34.1 Å². The maximum absolute atomic E-state index is 12.8. The van der Waals surface area contributed by atoms with Crippen LogP contribution in [-0.2, 0) is 39.2 Å². The minimum atomic E-state index is -3.60. The number of ether oxygens (including phenoxy) is 3. The van der Waals surface area contributed by atoms with E-state index in [0.717, 1.165) is 6.54 Å². The Morgan fingerprint density at radius 3 is 1.26 bits per heavy atom. The second-order valence-electron chi connectivity index (χ2n) is 10.8. The predicted octanol–water partition coefficient (Wildman–Crippen LogP) is 2.30. The van der Waals surface area contributed by atoms with Crippen LogP contribution in [0.3, 0.4) is 0 Å². The van der Waals surface area contributed by atoms with Gasteiger partial charge in [-0.3, -0.25) is 9.69 Å². The number of carbonyl (C=O) groups is 1. The van der Waals surface area contributed by atoms with Crippen molar-refractivity contribution in [3.8, 4) is 11.5 Å². The molecule has 0 aliphatic heterocycles. The number of carbonyl (C=O) groups excluding carboxylic acids is 3. The molecule has 0 radical (unpaired) electrons. The smallest absolute Gasteiger partial charge is 0.373 e.